The first-order valence-electron chi connectivity index (χ1n) is 6.58. The minimum absolute atomic E-state index is 0.00118. The van der Waals surface area contributed by atoms with Crippen molar-refractivity contribution < 1.29 is 14.7 Å². The summed E-state index contributed by atoms with van der Waals surface area (Å²) in [6.45, 7) is 4.21. The Bertz CT molecular complexity index is 278. The minimum atomic E-state index is -0.817. The Morgan fingerprint density at radius 2 is 2.06 bits per heavy atom. The maximum absolute atomic E-state index is 11.6. The molecule has 0 bridgehead atoms. The molecule has 0 spiro atoms. The van der Waals surface area contributed by atoms with E-state index < -0.39 is 5.97 Å². The van der Waals surface area contributed by atoms with E-state index in [2.05, 4.69) is 16.0 Å². The van der Waals surface area contributed by atoms with Crippen molar-refractivity contribution >= 4 is 12.0 Å². The maximum atomic E-state index is 11.6. The first kappa shape index (κ1) is 14.8. The zero-order valence-corrected chi connectivity index (χ0v) is 10.9. The molecule has 1 unspecified atom stereocenters. The number of urea groups is 1. The van der Waals surface area contributed by atoms with Gasteiger partial charge in [0.25, 0.3) is 0 Å². The SMILES string of the molecule is CCC(CNC(=O)NC1CCNCC1)CC(=O)O. The summed E-state index contributed by atoms with van der Waals surface area (Å²) >= 11 is 0. The second kappa shape index (κ2) is 7.92. The van der Waals surface area contributed by atoms with Gasteiger partial charge in [-0.3, -0.25) is 4.79 Å². The summed E-state index contributed by atoms with van der Waals surface area (Å²) in [4.78, 5) is 22.2. The fraction of sp³-hybridized carbons (Fsp3) is 0.833. The van der Waals surface area contributed by atoms with Gasteiger partial charge in [-0.2, -0.15) is 0 Å². The molecule has 0 aliphatic carbocycles. The van der Waals surface area contributed by atoms with Crippen molar-refractivity contribution in [2.45, 2.75) is 38.6 Å². The Hall–Kier alpha value is -1.30. The van der Waals surface area contributed by atoms with Gasteiger partial charge in [-0.15, -0.1) is 0 Å². The largest absolute Gasteiger partial charge is 0.481 e. The highest BCUT2D eigenvalue weighted by atomic mass is 16.4. The van der Waals surface area contributed by atoms with Gasteiger partial charge in [-0.25, -0.2) is 4.79 Å². The maximum Gasteiger partial charge on any atom is 0.315 e. The van der Waals surface area contributed by atoms with Crippen molar-refractivity contribution in [3.05, 3.63) is 0 Å². The molecule has 1 heterocycles. The molecule has 1 aliphatic heterocycles. The summed E-state index contributed by atoms with van der Waals surface area (Å²) in [5.74, 6) is -0.816. The predicted octanol–water partition coefficient (Wildman–Crippen LogP) is 0.539. The molecule has 0 aromatic rings. The fourth-order valence-corrected chi connectivity index (χ4v) is 2.05. The van der Waals surface area contributed by atoms with Crippen molar-refractivity contribution in [2.24, 2.45) is 5.92 Å². The number of carboxylic acids is 1. The number of hydrogen-bond donors (Lipinski definition) is 4. The molecule has 18 heavy (non-hydrogen) atoms. The van der Waals surface area contributed by atoms with Crippen LogP contribution in [-0.4, -0.2) is 42.8 Å². The second-order valence-corrected chi connectivity index (χ2v) is 4.75. The van der Waals surface area contributed by atoms with Crippen molar-refractivity contribution in [3.63, 3.8) is 0 Å². The van der Waals surface area contributed by atoms with Crippen molar-refractivity contribution in [2.75, 3.05) is 19.6 Å². The molecule has 6 heteroatoms. The normalized spacial score (nSPS) is 18.1. The number of rotatable bonds is 6. The number of carbonyl (C=O) groups excluding carboxylic acids is 1. The molecule has 0 saturated carbocycles. The lowest BCUT2D eigenvalue weighted by molar-refractivity contribution is -0.138. The van der Waals surface area contributed by atoms with Crippen LogP contribution in [0.5, 0.6) is 0 Å². The van der Waals surface area contributed by atoms with Crippen LogP contribution < -0.4 is 16.0 Å². The molecular weight excluding hydrogens is 234 g/mol. The Labute approximate surface area is 108 Å². The van der Waals surface area contributed by atoms with Crippen LogP contribution in [0, 0.1) is 5.92 Å². The summed E-state index contributed by atoms with van der Waals surface area (Å²) in [7, 11) is 0. The van der Waals surface area contributed by atoms with Crippen molar-refractivity contribution in [1.82, 2.24) is 16.0 Å². The van der Waals surface area contributed by atoms with Crippen LogP contribution in [0.25, 0.3) is 0 Å². The number of aliphatic carboxylic acids is 1. The van der Waals surface area contributed by atoms with Crippen molar-refractivity contribution in [3.8, 4) is 0 Å². The first-order valence-corrected chi connectivity index (χ1v) is 6.58. The predicted molar refractivity (Wildman–Crippen MR) is 68.5 cm³/mol. The van der Waals surface area contributed by atoms with E-state index in [1.165, 1.54) is 0 Å². The third-order valence-electron chi connectivity index (χ3n) is 3.27. The Kier molecular flexibility index (Phi) is 6.49. The van der Waals surface area contributed by atoms with E-state index in [0.29, 0.717) is 6.54 Å². The molecular formula is C12H23N3O3. The highest BCUT2D eigenvalue weighted by Crippen LogP contribution is 2.06. The third-order valence-corrected chi connectivity index (χ3v) is 3.27. The summed E-state index contributed by atoms with van der Waals surface area (Å²) in [5.41, 5.74) is 0. The van der Waals surface area contributed by atoms with Gasteiger partial charge < -0.3 is 21.1 Å². The van der Waals surface area contributed by atoms with Crippen LogP contribution in [-0.2, 0) is 4.79 Å². The molecule has 2 amide bonds. The van der Waals surface area contributed by atoms with Gasteiger partial charge in [0.1, 0.15) is 0 Å². The number of hydrogen-bond acceptors (Lipinski definition) is 3. The van der Waals surface area contributed by atoms with Crippen LogP contribution in [0.4, 0.5) is 4.79 Å². The topological polar surface area (TPSA) is 90.5 Å². The first-order chi connectivity index (χ1) is 8.61. The lowest BCUT2D eigenvalue weighted by atomic mass is 10.0. The summed E-state index contributed by atoms with van der Waals surface area (Å²) in [6.07, 6.45) is 2.74. The van der Waals surface area contributed by atoms with E-state index in [1.54, 1.807) is 0 Å². The molecule has 1 rings (SSSR count). The van der Waals surface area contributed by atoms with E-state index in [9.17, 15) is 9.59 Å². The lowest BCUT2D eigenvalue weighted by Gasteiger charge is -2.24. The summed E-state index contributed by atoms with van der Waals surface area (Å²) < 4.78 is 0. The van der Waals surface area contributed by atoms with E-state index >= 15 is 0 Å². The Balaban J connectivity index is 2.20. The van der Waals surface area contributed by atoms with Gasteiger partial charge >= 0.3 is 12.0 Å². The van der Waals surface area contributed by atoms with Crippen molar-refractivity contribution in [1.29, 1.82) is 0 Å². The highest BCUT2D eigenvalue weighted by Gasteiger charge is 2.16. The number of carbonyl (C=O) groups is 2. The van der Waals surface area contributed by atoms with E-state index in [1.807, 2.05) is 6.92 Å². The number of nitrogens with one attached hydrogen (secondary N) is 3. The standard InChI is InChI=1S/C12H23N3O3/c1-2-9(7-11(16)17)8-14-12(18)15-10-3-5-13-6-4-10/h9-10,13H,2-8H2,1H3,(H,16,17)(H2,14,15,18). The Morgan fingerprint density at radius 3 is 2.61 bits per heavy atom. The third kappa shape index (κ3) is 5.86. The minimum Gasteiger partial charge on any atom is -0.481 e. The quantitative estimate of drug-likeness (QED) is 0.559. The molecule has 1 fully saturated rings. The average Bonchev–Trinajstić information content (AvgIpc) is 2.35. The molecule has 0 aromatic heterocycles. The van der Waals surface area contributed by atoms with Crippen LogP contribution in [0.2, 0.25) is 0 Å². The van der Waals surface area contributed by atoms with Gasteiger partial charge in [0.15, 0.2) is 0 Å². The molecule has 6 nitrogen and oxygen atoms in total. The number of amides is 2. The average molecular weight is 257 g/mol. The highest BCUT2D eigenvalue weighted by molar-refractivity contribution is 5.74. The van der Waals surface area contributed by atoms with E-state index in [0.717, 1.165) is 32.4 Å². The van der Waals surface area contributed by atoms with Gasteiger partial charge in [0.2, 0.25) is 0 Å². The number of carboxylic acid groups (broad SMARTS) is 1. The molecule has 1 aliphatic rings. The van der Waals surface area contributed by atoms with Gasteiger partial charge in [0.05, 0.1) is 0 Å². The van der Waals surface area contributed by atoms with Gasteiger partial charge in [-0.1, -0.05) is 13.3 Å². The summed E-state index contributed by atoms with van der Waals surface area (Å²) in [6, 6.07) is 0.0385. The number of piperidine rings is 1. The van der Waals surface area contributed by atoms with Crippen LogP contribution >= 0.6 is 0 Å². The fourth-order valence-electron chi connectivity index (χ4n) is 2.05. The summed E-state index contributed by atoms with van der Waals surface area (Å²) in [5, 5.41) is 17.6. The van der Waals surface area contributed by atoms with Crippen LogP contribution in [0.3, 0.4) is 0 Å². The Morgan fingerprint density at radius 1 is 1.39 bits per heavy atom. The lowest BCUT2D eigenvalue weighted by Crippen LogP contribution is -2.47. The zero-order chi connectivity index (χ0) is 13.4. The van der Waals surface area contributed by atoms with Gasteiger partial charge in [-0.05, 0) is 31.8 Å². The molecule has 104 valence electrons. The molecule has 1 atom stereocenters. The molecule has 1 saturated heterocycles. The van der Waals surface area contributed by atoms with Crippen LogP contribution in [0.1, 0.15) is 32.6 Å². The van der Waals surface area contributed by atoms with E-state index in [4.69, 9.17) is 5.11 Å². The van der Waals surface area contributed by atoms with Gasteiger partial charge in [0, 0.05) is 19.0 Å². The van der Waals surface area contributed by atoms with E-state index in [-0.39, 0.29) is 24.4 Å². The molecule has 0 aromatic carbocycles. The molecule has 0 radical (unpaired) electrons. The monoisotopic (exact) mass is 257 g/mol. The zero-order valence-electron chi connectivity index (χ0n) is 10.9. The second-order valence-electron chi connectivity index (χ2n) is 4.75. The molecule has 4 N–H and O–H groups in total. The smallest absolute Gasteiger partial charge is 0.315 e. The van der Waals surface area contributed by atoms with Crippen LogP contribution in [0.15, 0.2) is 0 Å².